The Kier molecular flexibility index (Phi) is 3.85. The number of pyridine rings is 1. The molecule has 0 amide bonds. The highest BCUT2D eigenvalue weighted by molar-refractivity contribution is 6.00. The fourth-order valence-corrected chi connectivity index (χ4v) is 2.43. The molecular weight excluding hydrogens is 300 g/mol. The van der Waals surface area contributed by atoms with Gasteiger partial charge >= 0.3 is 5.97 Å². The monoisotopic (exact) mass is 311 g/mol. The molecule has 1 heterocycles. The van der Waals surface area contributed by atoms with Gasteiger partial charge in [-0.2, -0.15) is 0 Å². The van der Waals surface area contributed by atoms with Crippen molar-refractivity contribution in [2.45, 2.75) is 0 Å². The molecule has 0 saturated heterocycles. The zero-order valence-electron chi connectivity index (χ0n) is 11.8. The number of hydrogen-bond donors (Lipinski definition) is 1. The van der Waals surface area contributed by atoms with Gasteiger partial charge in [0, 0.05) is 17.3 Å². The van der Waals surface area contributed by atoms with E-state index in [1.807, 2.05) is 0 Å². The van der Waals surface area contributed by atoms with Crippen LogP contribution in [0.15, 0.2) is 60.8 Å². The molecule has 0 unspecified atom stereocenters. The largest absolute Gasteiger partial charge is 0.478 e. The van der Waals surface area contributed by atoms with Crippen molar-refractivity contribution in [3.8, 4) is 22.4 Å². The number of carbonyl (C=O) groups is 1. The van der Waals surface area contributed by atoms with E-state index in [-0.39, 0.29) is 16.8 Å². The molecule has 0 bridgehead atoms. The Morgan fingerprint density at radius 3 is 2.13 bits per heavy atom. The Balaban J connectivity index is 2.33. The number of hydrogen-bond acceptors (Lipinski definition) is 2. The van der Waals surface area contributed by atoms with Crippen molar-refractivity contribution >= 4 is 5.97 Å². The normalized spacial score (nSPS) is 10.5. The topological polar surface area (TPSA) is 50.2 Å². The van der Waals surface area contributed by atoms with Gasteiger partial charge in [-0.1, -0.05) is 24.3 Å². The standard InChI is InChI=1S/C18H11F2NO2/c19-13-5-1-3-11(9-13)16-15(18(22)23)7-8-21-17(16)12-4-2-6-14(20)10-12/h1-10H,(H,22,23). The van der Waals surface area contributed by atoms with Crippen LogP contribution in [0.1, 0.15) is 10.4 Å². The van der Waals surface area contributed by atoms with E-state index in [1.54, 1.807) is 12.1 Å². The molecule has 0 atom stereocenters. The number of aromatic nitrogens is 1. The van der Waals surface area contributed by atoms with Crippen LogP contribution in [0.3, 0.4) is 0 Å². The van der Waals surface area contributed by atoms with Gasteiger partial charge in [0.15, 0.2) is 0 Å². The maximum absolute atomic E-state index is 13.6. The lowest BCUT2D eigenvalue weighted by atomic mass is 9.94. The molecule has 3 aromatic rings. The van der Waals surface area contributed by atoms with Crippen molar-refractivity contribution in [1.82, 2.24) is 4.98 Å². The first-order valence-electron chi connectivity index (χ1n) is 6.80. The summed E-state index contributed by atoms with van der Waals surface area (Å²) in [5, 5.41) is 9.43. The Morgan fingerprint density at radius 2 is 1.52 bits per heavy atom. The van der Waals surface area contributed by atoms with Gasteiger partial charge in [-0.25, -0.2) is 13.6 Å². The van der Waals surface area contributed by atoms with Crippen LogP contribution in [0.2, 0.25) is 0 Å². The number of nitrogens with zero attached hydrogens (tertiary/aromatic N) is 1. The minimum atomic E-state index is -1.16. The first kappa shape index (κ1) is 14.8. The molecule has 3 rings (SSSR count). The molecule has 114 valence electrons. The molecule has 3 nitrogen and oxygen atoms in total. The first-order chi connectivity index (χ1) is 11.1. The van der Waals surface area contributed by atoms with Crippen LogP contribution in [-0.4, -0.2) is 16.1 Å². The van der Waals surface area contributed by atoms with Gasteiger partial charge in [0.25, 0.3) is 0 Å². The quantitative estimate of drug-likeness (QED) is 0.780. The van der Waals surface area contributed by atoms with Gasteiger partial charge in [-0.3, -0.25) is 4.98 Å². The van der Waals surface area contributed by atoms with Gasteiger partial charge < -0.3 is 5.11 Å². The predicted octanol–water partition coefficient (Wildman–Crippen LogP) is 4.39. The summed E-state index contributed by atoms with van der Waals surface area (Å²) in [6.45, 7) is 0. The minimum Gasteiger partial charge on any atom is -0.478 e. The average molecular weight is 311 g/mol. The Labute approximate surface area is 130 Å². The number of rotatable bonds is 3. The molecule has 0 fully saturated rings. The second-order valence-electron chi connectivity index (χ2n) is 4.91. The zero-order chi connectivity index (χ0) is 16.4. The summed E-state index contributed by atoms with van der Waals surface area (Å²) in [6, 6.07) is 12.6. The average Bonchev–Trinajstić information content (AvgIpc) is 2.54. The minimum absolute atomic E-state index is 0.0233. The highest BCUT2D eigenvalue weighted by Crippen LogP contribution is 2.34. The first-order valence-corrected chi connectivity index (χ1v) is 6.80. The summed E-state index contributed by atoms with van der Waals surface area (Å²) >= 11 is 0. The van der Waals surface area contributed by atoms with Crippen LogP contribution in [0, 0.1) is 11.6 Å². The SMILES string of the molecule is O=C(O)c1ccnc(-c2cccc(F)c2)c1-c1cccc(F)c1. The van der Waals surface area contributed by atoms with Crippen LogP contribution < -0.4 is 0 Å². The lowest BCUT2D eigenvalue weighted by molar-refractivity contribution is 0.0697. The molecule has 0 saturated carbocycles. The van der Waals surface area contributed by atoms with Gasteiger partial charge in [-0.15, -0.1) is 0 Å². The molecule has 0 radical (unpaired) electrons. The van der Waals surface area contributed by atoms with E-state index >= 15 is 0 Å². The third kappa shape index (κ3) is 2.94. The molecule has 5 heteroatoms. The number of aromatic carboxylic acids is 1. The van der Waals surface area contributed by atoms with Crippen molar-refractivity contribution in [3.05, 3.63) is 78.0 Å². The molecule has 0 spiro atoms. The smallest absolute Gasteiger partial charge is 0.336 e. The maximum Gasteiger partial charge on any atom is 0.336 e. The Morgan fingerprint density at radius 1 is 0.913 bits per heavy atom. The number of benzene rings is 2. The second-order valence-corrected chi connectivity index (χ2v) is 4.91. The molecular formula is C18H11F2NO2. The van der Waals surface area contributed by atoms with Crippen molar-refractivity contribution in [2.24, 2.45) is 0 Å². The molecule has 1 N–H and O–H groups in total. The summed E-state index contributed by atoms with van der Waals surface area (Å²) in [5.41, 5.74) is 1.31. The van der Waals surface area contributed by atoms with Crippen LogP contribution in [-0.2, 0) is 0 Å². The van der Waals surface area contributed by atoms with Crippen molar-refractivity contribution in [2.75, 3.05) is 0 Å². The molecule has 2 aromatic carbocycles. The van der Waals surface area contributed by atoms with Crippen molar-refractivity contribution in [3.63, 3.8) is 0 Å². The van der Waals surface area contributed by atoms with Crippen molar-refractivity contribution < 1.29 is 18.7 Å². The van der Waals surface area contributed by atoms with Crippen LogP contribution >= 0.6 is 0 Å². The molecule has 1 aromatic heterocycles. The van der Waals surface area contributed by atoms with E-state index < -0.39 is 17.6 Å². The Bertz CT molecular complexity index is 894. The van der Waals surface area contributed by atoms with Gasteiger partial charge in [0.05, 0.1) is 11.3 Å². The highest BCUT2D eigenvalue weighted by Gasteiger charge is 2.18. The van der Waals surface area contributed by atoms with E-state index in [9.17, 15) is 18.7 Å². The second kappa shape index (κ2) is 5.96. The lowest BCUT2D eigenvalue weighted by Gasteiger charge is -2.12. The van der Waals surface area contributed by atoms with Gasteiger partial charge in [-0.05, 0) is 35.9 Å². The molecule has 23 heavy (non-hydrogen) atoms. The highest BCUT2D eigenvalue weighted by atomic mass is 19.1. The van der Waals surface area contributed by atoms with Gasteiger partial charge in [0.2, 0.25) is 0 Å². The fraction of sp³-hybridized carbons (Fsp3) is 0. The maximum atomic E-state index is 13.6. The van der Waals surface area contributed by atoms with Crippen LogP contribution in [0.5, 0.6) is 0 Å². The molecule has 0 aliphatic heterocycles. The fourth-order valence-electron chi connectivity index (χ4n) is 2.43. The molecule has 0 aliphatic carbocycles. The summed E-state index contributed by atoms with van der Waals surface area (Å²) in [6.07, 6.45) is 1.34. The van der Waals surface area contributed by atoms with E-state index in [0.29, 0.717) is 11.1 Å². The van der Waals surface area contributed by atoms with Crippen molar-refractivity contribution in [1.29, 1.82) is 0 Å². The van der Waals surface area contributed by atoms with E-state index in [0.717, 1.165) is 0 Å². The van der Waals surface area contributed by atoms with E-state index in [4.69, 9.17) is 0 Å². The predicted molar refractivity (Wildman–Crippen MR) is 82.0 cm³/mol. The number of carboxylic acids is 1. The summed E-state index contributed by atoms with van der Waals surface area (Å²) in [5.74, 6) is -2.12. The van der Waals surface area contributed by atoms with Gasteiger partial charge in [0.1, 0.15) is 11.6 Å². The zero-order valence-corrected chi connectivity index (χ0v) is 11.8. The van der Waals surface area contributed by atoms with Crippen LogP contribution in [0.25, 0.3) is 22.4 Å². The molecule has 0 aliphatic rings. The lowest BCUT2D eigenvalue weighted by Crippen LogP contribution is -2.03. The summed E-state index contributed by atoms with van der Waals surface area (Å²) < 4.78 is 27.1. The summed E-state index contributed by atoms with van der Waals surface area (Å²) in [7, 11) is 0. The number of halogens is 2. The summed E-state index contributed by atoms with van der Waals surface area (Å²) in [4.78, 5) is 15.7. The number of carboxylic acid groups (broad SMARTS) is 1. The third-order valence-corrected chi connectivity index (χ3v) is 3.39. The van der Waals surface area contributed by atoms with E-state index in [1.165, 1.54) is 48.7 Å². The van der Waals surface area contributed by atoms with E-state index in [2.05, 4.69) is 4.98 Å². The third-order valence-electron chi connectivity index (χ3n) is 3.39. The Hall–Kier alpha value is -3.08. The van der Waals surface area contributed by atoms with Crippen LogP contribution in [0.4, 0.5) is 8.78 Å².